The van der Waals surface area contributed by atoms with Gasteiger partial charge in [0.2, 0.25) is 0 Å². The van der Waals surface area contributed by atoms with Crippen LogP contribution in [0.1, 0.15) is 45.6 Å². The van der Waals surface area contributed by atoms with Crippen molar-refractivity contribution in [2.24, 2.45) is 5.92 Å². The Morgan fingerprint density at radius 3 is 2.73 bits per heavy atom. The first-order valence-corrected chi connectivity index (χ1v) is 11.7. The number of amides is 1. The second-order valence-corrected chi connectivity index (χ2v) is 9.74. The molecular formula is C22H26N4O2S2. The lowest BCUT2D eigenvalue weighted by atomic mass is 9.99. The van der Waals surface area contributed by atoms with E-state index in [1.54, 1.807) is 17.2 Å². The van der Waals surface area contributed by atoms with E-state index >= 15 is 0 Å². The van der Waals surface area contributed by atoms with E-state index in [9.17, 15) is 9.59 Å². The zero-order chi connectivity index (χ0) is 21.4. The summed E-state index contributed by atoms with van der Waals surface area (Å²) in [4.78, 5) is 35.6. The summed E-state index contributed by atoms with van der Waals surface area (Å²) in [6.45, 7) is 7.97. The van der Waals surface area contributed by atoms with Crippen molar-refractivity contribution in [3.8, 4) is 0 Å². The number of carbonyl (C=O) groups is 1. The summed E-state index contributed by atoms with van der Waals surface area (Å²) in [5, 5.41) is 0. The van der Waals surface area contributed by atoms with E-state index in [4.69, 9.17) is 17.2 Å². The van der Waals surface area contributed by atoms with Crippen LogP contribution in [0, 0.1) is 5.92 Å². The minimum Gasteiger partial charge on any atom is -0.356 e. The van der Waals surface area contributed by atoms with Crippen LogP contribution in [0.15, 0.2) is 34.1 Å². The van der Waals surface area contributed by atoms with Gasteiger partial charge in [-0.1, -0.05) is 43.9 Å². The molecule has 30 heavy (non-hydrogen) atoms. The van der Waals surface area contributed by atoms with Crippen LogP contribution in [0.2, 0.25) is 0 Å². The van der Waals surface area contributed by atoms with Crippen LogP contribution in [-0.4, -0.2) is 43.6 Å². The summed E-state index contributed by atoms with van der Waals surface area (Å²) in [6, 6.07) is 5.55. The van der Waals surface area contributed by atoms with Crippen LogP contribution in [0.4, 0.5) is 5.82 Å². The maximum Gasteiger partial charge on any atom is 0.267 e. The molecule has 1 unspecified atom stereocenters. The molecule has 158 valence electrons. The smallest absolute Gasteiger partial charge is 0.267 e. The van der Waals surface area contributed by atoms with Gasteiger partial charge in [-0.05, 0) is 50.3 Å². The van der Waals surface area contributed by atoms with Crippen molar-refractivity contribution < 1.29 is 4.79 Å². The number of anilines is 1. The van der Waals surface area contributed by atoms with Crippen molar-refractivity contribution >= 4 is 51.7 Å². The molecule has 0 N–H and O–H groups in total. The predicted octanol–water partition coefficient (Wildman–Crippen LogP) is 3.93. The number of aromatic nitrogens is 2. The molecule has 1 amide bonds. The minimum absolute atomic E-state index is 0.0299. The number of hydrogen-bond acceptors (Lipinski definition) is 6. The number of hydrogen-bond donors (Lipinski definition) is 0. The fraction of sp³-hybridized carbons (Fsp3) is 0.455. The number of fused-ring (bicyclic) bond motifs is 1. The van der Waals surface area contributed by atoms with Crippen molar-refractivity contribution in [1.82, 2.24) is 14.3 Å². The van der Waals surface area contributed by atoms with Crippen molar-refractivity contribution in [3.63, 3.8) is 0 Å². The van der Waals surface area contributed by atoms with Gasteiger partial charge in [-0.2, -0.15) is 0 Å². The highest BCUT2D eigenvalue weighted by Crippen LogP contribution is 2.35. The topological polar surface area (TPSA) is 57.9 Å². The van der Waals surface area contributed by atoms with E-state index in [0.717, 1.165) is 32.4 Å². The molecule has 2 aliphatic heterocycles. The molecule has 0 aromatic carbocycles. The maximum absolute atomic E-state index is 13.4. The second-order valence-electron chi connectivity index (χ2n) is 8.06. The van der Waals surface area contributed by atoms with Gasteiger partial charge in [-0.25, -0.2) is 4.98 Å². The lowest BCUT2D eigenvalue weighted by Gasteiger charge is -2.32. The summed E-state index contributed by atoms with van der Waals surface area (Å²) in [5.41, 5.74) is 0.904. The highest BCUT2D eigenvalue weighted by atomic mass is 32.2. The van der Waals surface area contributed by atoms with Crippen molar-refractivity contribution in [2.45, 2.75) is 46.1 Å². The van der Waals surface area contributed by atoms with Gasteiger partial charge in [0.1, 0.15) is 15.8 Å². The van der Waals surface area contributed by atoms with Crippen LogP contribution in [0.3, 0.4) is 0 Å². The molecule has 1 atom stereocenters. The van der Waals surface area contributed by atoms with E-state index in [-0.39, 0.29) is 17.5 Å². The van der Waals surface area contributed by atoms with Crippen LogP contribution in [0.5, 0.6) is 0 Å². The van der Waals surface area contributed by atoms with Gasteiger partial charge in [0.15, 0.2) is 0 Å². The maximum atomic E-state index is 13.4. The summed E-state index contributed by atoms with van der Waals surface area (Å²) in [6.07, 6.45) is 6.35. The van der Waals surface area contributed by atoms with E-state index in [1.165, 1.54) is 16.2 Å². The molecule has 2 fully saturated rings. The third-order valence-electron chi connectivity index (χ3n) is 5.96. The quantitative estimate of drug-likeness (QED) is 0.528. The number of thioether (sulfide) groups is 1. The van der Waals surface area contributed by atoms with E-state index in [2.05, 4.69) is 11.8 Å². The van der Waals surface area contributed by atoms with Gasteiger partial charge in [0, 0.05) is 25.3 Å². The third-order valence-corrected chi connectivity index (χ3v) is 7.29. The zero-order valence-corrected chi connectivity index (χ0v) is 19.1. The summed E-state index contributed by atoms with van der Waals surface area (Å²) in [7, 11) is 0. The number of pyridine rings is 1. The largest absolute Gasteiger partial charge is 0.356 e. The summed E-state index contributed by atoms with van der Waals surface area (Å²) < 4.78 is 2.08. The molecule has 8 heteroatoms. The highest BCUT2D eigenvalue weighted by molar-refractivity contribution is 8.26. The van der Waals surface area contributed by atoms with Crippen molar-refractivity contribution in [1.29, 1.82) is 0 Å². The average molecular weight is 443 g/mol. The molecule has 2 saturated heterocycles. The summed E-state index contributed by atoms with van der Waals surface area (Å²) >= 11 is 6.72. The van der Waals surface area contributed by atoms with Crippen LogP contribution in [0.25, 0.3) is 11.7 Å². The van der Waals surface area contributed by atoms with Crippen molar-refractivity contribution in [3.05, 3.63) is 45.2 Å². The number of nitrogens with zero attached hydrogens (tertiary/aromatic N) is 4. The minimum atomic E-state index is -0.164. The molecule has 2 aromatic heterocycles. The standard InChI is InChI=1S/C22H26N4O2S2/c1-4-15(3)26-21(28)17(30-22(26)29)13-16-19(24-11-8-14(2)9-12-24)23-18-7-5-6-10-25(18)20(16)27/h5-7,10,13-15H,4,8-9,11-12H2,1-3H3/b17-13+. The van der Waals surface area contributed by atoms with Gasteiger partial charge in [0.05, 0.1) is 10.5 Å². The first kappa shape index (κ1) is 21.1. The lowest BCUT2D eigenvalue weighted by molar-refractivity contribution is -0.123. The number of carbonyl (C=O) groups excluding carboxylic acids is 1. The Morgan fingerprint density at radius 2 is 2.03 bits per heavy atom. The molecule has 6 nitrogen and oxygen atoms in total. The van der Waals surface area contributed by atoms with Gasteiger partial charge in [-0.15, -0.1) is 0 Å². The first-order valence-electron chi connectivity index (χ1n) is 10.4. The predicted molar refractivity (Wildman–Crippen MR) is 127 cm³/mol. The Morgan fingerprint density at radius 1 is 1.30 bits per heavy atom. The van der Waals surface area contributed by atoms with Crippen LogP contribution in [-0.2, 0) is 4.79 Å². The fourth-order valence-electron chi connectivity index (χ4n) is 3.85. The fourth-order valence-corrected chi connectivity index (χ4v) is 5.30. The Kier molecular flexibility index (Phi) is 5.97. The Labute approximate surface area is 186 Å². The normalized spacial score (nSPS) is 20.6. The Bertz CT molecular complexity index is 1090. The van der Waals surface area contributed by atoms with E-state index < -0.39 is 0 Å². The molecule has 0 bridgehead atoms. The Balaban J connectivity index is 1.83. The first-order chi connectivity index (χ1) is 14.4. The van der Waals surface area contributed by atoms with Crippen LogP contribution >= 0.6 is 24.0 Å². The average Bonchev–Trinajstić information content (AvgIpc) is 3.03. The van der Waals surface area contributed by atoms with Gasteiger partial charge < -0.3 is 4.90 Å². The second kappa shape index (κ2) is 8.51. The molecule has 4 heterocycles. The molecule has 0 aliphatic carbocycles. The molecule has 4 rings (SSSR count). The molecular weight excluding hydrogens is 416 g/mol. The van der Waals surface area contributed by atoms with Crippen LogP contribution < -0.4 is 10.5 Å². The van der Waals surface area contributed by atoms with Crippen molar-refractivity contribution in [2.75, 3.05) is 18.0 Å². The van der Waals surface area contributed by atoms with E-state index in [1.807, 2.05) is 32.0 Å². The highest BCUT2D eigenvalue weighted by Gasteiger charge is 2.35. The van der Waals surface area contributed by atoms with E-state index in [0.29, 0.717) is 32.2 Å². The molecule has 0 saturated carbocycles. The zero-order valence-electron chi connectivity index (χ0n) is 17.5. The SMILES string of the molecule is CCC(C)N1C(=O)/C(=C\c2c(N3CCC(C)CC3)nc3ccccn3c2=O)SC1=S. The van der Waals surface area contributed by atoms with Gasteiger partial charge in [0.25, 0.3) is 11.5 Å². The lowest BCUT2D eigenvalue weighted by Crippen LogP contribution is -2.36. The number of thiocarbonyl (C=S) groups is 1. The monoisotopic (exact) mass is 442 g/mol. The third kappa shape index (κ3) is 3.78. The van der Waals surface area contributed by atoms with Gasteiger partial charge in [-0.3, -0.25) is 18.9 Å². The molecule has 0 spiro atoms. The summed E-state index contributed by atoms with van der Waals surface area (Å²) in [5.74, 6) is 1.19. The van der Waals surface area contributed by atoms with Gasteiger partial charge >= 0.3 is 0 Å². The Hall–Kier alpha value is -2.19. The molecule has 0 radical (unpaired) electrons. The molecule has 2 aliphatic rings. The number of rotatable bonds is 4. The number of piperidine rings is 1. The molecule has 2 aromatic rings.